The van der Waals surface area contributed by atoms with Gasteiger partial charge in [-0.1, -0.05) is 60.7 Å². The third-order valence-corrected chi connectivity index (χ3v) is 5.19. The average molecular weight is 510 g/mol. The summed E-state index contributed by atoms with van der Waals surface area (Å²) in [6, 6.07) is 29.6. The minimum atomic E-state index is -1.25. The smallest absolute Gasteiger partial charge is 0.423 e. The van der Waals surface area contributed by atoms with Gasteiger partial charge in [0.15, 0.2) is 0 Å². The Morgan fingerprint density at radius 1 is 0.447 bits per heavy atom. The van der Waals surface area contributed by atoms with Gasteiger partial charge in [0.05, 0.1) is 11.1 Å². The zero-order chi connectivity index (χ0) is 26.7. The van der Waals surface area contributed by atoms with Crippen molar-refractivity contribution in [2.45, 2.75) is 13.2 Å². The summed E-state index contributed by atoms with van der Waals surface area (Å²) >= 11 is 0. The van der Waals surface area contributed by atoms with E-state index in [0.29, 0.717) is 0 Å². The normalized spacial score (nSPS) is 10.2. The lowest BCUT2D eigenvalue weighted by Gasteiger charge is -2.08. The van der Waals surface area contributed by atoms with Crippen molar-refractivity contribution < 1.29 is 38.1 Å². The maximum absolute atomic E-state index is 12.2. The van der Waals surface area contributed by atoms with E-state index >= 15 is 0 Å². The Morgan fingerprint density at radius 2 is 0.789 bits per heavy atom. The predicted octanol–water partition coefficient (Wildman–Crippen LogP) is 4.91. The van der Waals surface area contributed by atoms with Crippen LogP contribution >= 0.6 is 0 Å². The van der Waals surface area contributed by atoms with Crippen LogP contribution in [0.3, 0.4) is 0 Å². The molecule has 0 unspecified atom stereocenters. The first-order chi connectivity index (χ1) is 18.5. The molecular formula is C30H22O8. The molecule has 8 nitrogen and oxygen atoms in total. The molecule has 4 rings (SSSR count). The van der Waals surface area contributed by atoms with E-state index < -0.39 is 23.9 Å². The summed E-state index contributed by atoms with van der Waals surface area (Å²) in [6.45, 7) is 0.246. The quantitative estimate of drug-likeness (QED) is 0.187. The number of esters is 4. The summed E-state index contributed by atoms with van der Waals surface area (Å²) in [7, 11) is 0. The number of carbonyl (C=O) groups is 4. The minimum absolute atomic E-state index is 0.0445. The third-order valence-electron chi connectivity index (χ3n) is 5.19. The Balaban J connectivity index is 1.24. The Bertz CT molecular complexity index is 1290. The highest BCUT2D eigenvalue weighted by Crippen LogP contribution is 2.17. The summed E-state index contributed by atoms with van der Waals surface area (Å²) in [5.41, 5.74) is 2.21. The fourth-order valence-electron chi connectivity index (χ4n) is 3.23. The lowest BCUT2D eigenvalue weighted by atomic mass is 10.2. The van der Waals surface area contributed by atoms with E-state index in [1.165, 1.54) is 48.5 Å². The molecule has 0 radical (unpaired) electrons. The molecule has 0 spiro atoms. The Kier molecular flexibility index (Phi) is 8.60. The molecule has 0 atom stereocenters. The van der Waals surface area contributed by atoms with Crippen LogP contribution in [0.2, 0.25) is 0 Å². The van der Waals surface area contributed by atoms with Crippen LogP contribution in [0.1, 0.15) is 31.8 Å². The molecular weight excluding hydrogens is 488 g/mol. The number of ether oxygens (including phenoxy) is 4. The van der Waals surface area contributed by atoms with Gasteiger partial charge in [0.1, 0.15) is 24.7 Å². The van der Waals surface area contributed by atoms with E-state index in [9.17, 15) is 19.2 Å². The number of rotatable bonds is 8. The zero-order valence-electron chi connectivity index (χ0n) is 20.1. The molecule has 4 aromatic rings. The average Bonchev–Trinajstić information content (AvgIpc) is 2.96. The molecule has 0 saturated heterocycles. The largest absolute Gasteiger partial charge is 0.457 e. The first-order valence-electron chi connectivity index (χ1n) is 11.5. The molecule has 0 aliphatic heterocycles. The van der Waals surface area contributed by atoms with Crippen molar-refractivity contribution >= 4 is 23.9 Å². The number of carbonyl (C=O) groups excluding carboxylic acids is 4. The van der Waals surface area contributed by atoms with Gasteiger partial charge in [-0.15, -0.1) is 0 Å². The second-order valence-electron chi connectivity index (χ2n) is 7.95. The molecule has 0 aliphatic rings. The van der Waals surface area contributed by atoms with Crippen LogP contribution in [0.15, 0.2) is 109 Å². The summed E-state index contributed by atoms with van der Waals surface area (Å²) < 4.78 is 20.5. The van der Waals surface area contributed by atoms with E-state index in [1.807, 2.05) is 60.7 Å². The first-order valence-corrected chi connectivity index (χ1v) is 11.5. The molecule has 0 saturated carbocycles. The zero-order valence-corrected chi connectivity index (χ0v) is 20.1. The maximum Gasteiger partial charge on any atom is 0.423 e. The fourth-order valence-corrected chi connectivity index (χ4v) is 3.23. The molecule has 0 aliphatic carbocycles. The van der Waals surface area contributed by atoms with E-state index in [2.05, 4.69) is 0 Å². The minimum Gasteiger partial charge on any atom is -0.457 e. The van der Waals surface area contributed by atoms with Crippen LogP contribution in [0.5, 0.6) is 11.5 Å². The van der Waals surface area contributed by atoms with Crippen molar-refractivity contribution in [3.05, 3.63) is 131 Å². The molecule has 0 N–H and O–H groups in total. The van der Waals surface area contributed by atoms with Crippen molar-refractivity contribution in [1.82, 2.24) is 0 Å². The van der Waals surface area contributed by atoms with Crippen molar-refractivity contribution in [1.29, 1.82) is 0 Å². The highest BCUT2D eigenvalue weighted by atomic mass is 16.6. The summed E-state index contributed by atoms with van der Waals surface area (Å²) in [5, 5.41) is 0. The molecule has 38 heavy (non-hydrogen) atoms. The topological polar surface area (TPSA) is 105 Å². The highest BCUT2D eigenvalue weighted by molar-refractivity contribution is 6.31. The second-order valence-corrected chi connectivity index (χ2v) is 7.95. The predicted molar refractivity (Wildman–Crippen MR) is 135 cm³/mol. The molecule has 0 amide bonds. The lowest BCUT2D eigenvalue weighted by molar-refractivity contribution is -0.156. The maximum atomic E-state index is 12.2. The van der Waals surface area contributed by atoms with Crippen LogP contribution in [0.4, 0.5) is 0 Å². The van der Waals surface area contributed by atoms with Crippen LogP contribution in [0.25, 0.3) is 0 Å². The molecule has 0 aromatic heterocycles. The van der Waals surface area contributed by atoms with Gasteiger partial charge in [-0.05, 0) is 59.7 Å². The van der Waals surface area contributed by atoms with Gasteiger partial charge < -0.3 is 18.9 Å². The fraction of sp³-hybridized carbons (Fsp3) is 0.0667. The summed E-state index contributed by atoms with van der Waals surface area (Å²) in [5.74, 6) is -3.50. The number of hydrogen-bond acceptors (Lipinski definition) is 8. The first kappa shape index (κ1) is 25.8. The van der Waals surface area contributed by atoms with E-state index in [4.69, 9.17) is 18.9 Å². The van der Waals surface area contributed by atoms with Crippen molar-refractivity contribution in [3.8, 4) is 11.5 Å². The Morgan fingerprint density at radius 3 is 1.13 bits per heavy atom. The molecule has 0 fully saturated rings. The standard InChI is InChI=1S/C30H22O8/c31-27(35-19-21-7-3-1-4-8-21)23-11-15-25(16-12-23)37-29(33)30(34)38-26-17-13-24(14-18-26)28(32)36-20-22-9-5-2-6-10-22/h1-18H,19-20H2. The molecule has 4 aromatic carbocycles. The van der Waals surface area contributed by atoms with E-state index in [0.717, 1.165) is 11.1 Å². The molecule has 0 bridgehead atoms. The Hall–Kier alpha value is -5.24. The molecule has 0 heterocycles. The molecule has 190 valence electrons. The van der Waals surface area contributed by atoms with Gasteiger partial charge in [-0.3, -0.25) is 0 Å². The third kappa shape index (κ3) is 7.38. The van der Waals surface area contributed by atoms with E-state index in [1.54, 1.807) is 0 Å². The van der Waals surface area contributed by atoms with Gasteiger partial charge in [-0.25, -0.2) is 19.2 Å². The second kappa shape index (κ2) is 12.6. The SMILES string of the molecule is O=C(Oc1ccc(C(=O)OCc2ccccc2)cc1)C(=O)Oc1ccc(C(=O)OCc2ccccc2)cc1. The number of hydrogen-bond donors (Lipinski definition) is 0. The van der Waals surface area contributed by atoms with Crippen LogP contribution in [0, 0.1) is 0 Å². The van der Waals surface area contributed by atoms with Gasteiger partial charge in [0.25, 0.3) is 0 Å². The van der Waals surface area contributed by atoms with Gasteiger partial charge in [0.2, 0.25) is 0 Å². The van der Waals surface area contributed by atoms with Crippen molar-refractivity contribution in [2.75, 3.05) is 0 Å². The monoisotopic (exact) mass is 510 g/mol. The van der Waals surface area contributed by atoms with Gasteiger partial charge >= 0.3 is 23.9 Å². The van der Waals surface area contributed by atoms with Crippen molar-refractivity contribution in [3.63, 3.8) is 0 Å². The van der Waals surface area contributed by atoms with Gasteiger partial charge in [0, 0.05) is 0 Å². The van der Waals surface area contributed by atoms with Crippen molar-refractivity contribution in [2.24, 2.45) is 0 Å². The van der Waals surface area contributed by atoms with Gasteiger partial charge in [-0.2, -0.15) is 0 Å². The van der Waals surface area contributed by atoms with Crippen LogP contribution in [-0.2, 0) is 32.3 Å². The highest BCUT2D eigenvalue weighted by Gasteiger charge is 2.20. The van der Waals surface area contributed by atoms with Crippen LogP contribution < -0.4 is 9.47 Å². The summed E-state index contributed by atoms with van der Waals surface area (Å²) in [6.07, 6.45) is 0. The lowest BCUT2D eigenvalue weighted by Crippen LogP contribution is -2.25. The Labute approximate surface area is 218 Å². The summed E-state index contributed by atoms with van der Waals surface area (Å²) in [4.78, 5) is 48.6. The van der Waals surface area contributed by atoms with E-state index in [-0.39, 0.29) is 35.8 Å². The number of benzene rings is 4. The molecule has 8 heteroatoms. The van der Waals surface area contributed by atoms with Crippen LogP contribution in [-0.4, -0.2) is 23.9 Å².